The Labute approximate surface area is 176 Å². The fourth-order valence-electron chi connectivity index (χ4n) is 4.70. The maximum Gasteiger partial charge on any atom is 0.290 e. The SMILES string of the molecule is O=C(CCc1ccccc1)C1=C(O)C(=O)N(C2CCCCC2)C1c1cccc(O)c1. The topological polar surface area (TPSA) is 77.8 Å². The molecule has 0 saturated heterocycles. The zero-order valence-electron chi connectivity index (χ0n) is 17.0. The molecule has 5 nitrogen and oxygen atoms in total. The summed E-state index contributed by atoms with van der Waals surface area (Å²) in [5, 5.41) is 20.7. The number of phenols is 1. The lowest BCUT2D eigenvalue weighted by Crippen LogP contribution is -2.41. The van der Waals surface area contributed by atoms with Gasteiger partial charge in [0.15, 0.2) is 11.5 Å². The molecule has 0 bridgehead atoms. The second kappa shape index (κ2) is 8.74. The average molecular weight is 405 g/mol. The Morgan fingerprint density at radius 3 is 2.40 bits per heavy atom. The van der Waals surface area contributed by atoms with Gasteiger partial charge in [-0.3, -0.25) is 9.59 Å². The maximum atomic E-state index is 13.2. The van der Waals surface area contributed by atoms with E-state index in [0.717, 1.165) is 37.7 Å². The summed E-state index contributed by atoms with van der Waals surface area (Å²) >= 11 is 0. The Balaban J connectivity index is 1.66. The third kappa shape index (κ3) is 3.97. The summed E-state index contributed by atoms with van der Waals surface area (Å²) in [5.74, 6) is -1.06. The summed E-state index contributed by atoms with van der Waals surface area (Å²) in [6, 6.07) is 15.7. The van der Waals surface area contributed by atoms with Gasteiger partial charge in [-0.2, -0.15) is 0 Å². The third-order valence-corrected chi connectivity index (χ3v) is 6.18. The number of Topliss-reactive ketones (excluding diaryl/α,β-unsaturated/α-hetero) is 1. The fourth-order valence-corrected chi connectivity index (χ4v) is 4.70. The van der Waals surface area contributed by atoms with E-state index in [1.165, 1.54) is 0 Å². The molecule has 0 spiro atoms. The van der Waals surface area contributed by atoms with Gasteiger partial charge < -0.3 is 15.1 Å². The van der Waals surface area contributed by atoms with Crippen LogP contribution in [0.4, 0.5) is 0 Å². The summed E-state index contributed by atoms with van der Waals surface area (Å²) < 4.78 is 0. The van der Waals surface area contributed by atoms with Crippen LogP contribution in [0.3, 0.4) is 0 Å². The van der Waals surface area contributed by atoms with Gasteiger partial charge in [0.1, 0.15) is 5.75 Å². The number of benzene rings is 2. The Morgan fingerprint density at radius 1 is 0.967 bits per heavy atom. The van der Waals surface area contributed by atoms with Gasteiger partial charge in [0.2, 0.25) is 0 Å². The normalized spacial score (nSPS) is 20.1. The molecule has 1 saturated carbocycles. The van der Waals surface area contributed by atoms with Gasteiger partial charge in [0, 0.05) is 12.5 Å². The van der Waals surface area contributed by atoms with Crippen molar-refractivity contribution >= 4 is 11.7 Å². The van der Waals surface area contributed by atoms with Gasteiger partial charge >= 0.3 is 0 Å². The third-order valence-electron chi connectivity index (χ3n) is 6.18. The number of aromatic hydroxyl groups is 1. The molecule has 2 aliphatic rings. The Hall–Kier alpha value is -3.08. The van der Waals surface area contributed by atoms with Gasteiger partial charge in [0.05, 0.1) is 11.6 Å². The summed E-state index contributed by atoms with van der Waals surface area (Å²) in [4.78, 5) is 28.0. The van der Waals surface area contributed by atoms with Crippen molar-refractivity contribution in [1.82, 2.24) is 4.90 Å². The number of carbonyl (C=O) groups excluding carboxylic acids is 2. The highest BCUT2D eigenvalue weighted by molar-refractivity contribution is 6.09. The predicted molar refractivity (Wildman–Crippen MR) is 114 cm³/mol. The van der Waals surface area contributed by atoms with E-state index in [-0.39, 0.29) is 29.6 Å². The van der Waals surface area contributed by atoms with Crippen molar-refractivity contribution in [3.8, 4) is 5.75 Å². The molecular weight excluding hydrogens is 378 g/mol. The molecular formula is C25H27NO4. The first-order valence-electron chi connectivity index (χ1n) is 10.7. The van der Waals surface area contributed by atoms with E-state index in [0.29, 0.717) is 12.0 Å². The lowest BCUT2D eigenvalue weighted by atomic mass is 9.89. The highest BCUT2D eigenvalue weighted by Crippen LogP contribution is 2.43. The standard InChI is InChI=1S/C25H27NO4/c27-20-13-7-10-18(16-20)23-22(21(28)15-14-17-8-3-1-4-9-17)24(29)25(30)26(23)19-11-5-2-6-12-19/h1,3-4,7-10,13,16,19,23,27,29H,2,5-6,11-12,14-15H2. The van der Waals surface area contributed by atoms with E-state index >= 15 is 0 Å². The highest BCUT2D eigenvalue weighted by Gasteiger charge is 2.46. The first-order chi connectivity index (χ1) is 14.6. The van der Waals surface area contributed by atoms with Crippen LogP contribution in [0.25, 0.3) is 0 Å². The van der Waals surface area contributed by atoms with Crippen LogP contribution in [-0.4, -0.2) is 32.8 Å². The lowest BCUT2D eigenvalue weighted by Gasteiger charge is -2.36. The van der Waals surface area contributed by atoms with Crippen LogP contribution in [0.2, 0.25) is 0 Å². The summed E-state index contributed by atoms with van der Waals surface area (Å²) in [6.45, 7) is 0. The zero-order valence-corrected chi connectivity index (χ0v) is 17.0. The second-order valence-electron chi connectivity index (χ2n) is 8.17. The van der Waals surface area contributed by atoms with Gasteiger partial charge in [-0.05, 0) is 42.5 Å². The van der Waals surface area contributed by atoms with Crippen molar-refractivity contribution in [2.75, 3.05) is 0 Å². The summed E-state index contributed by atoms with van der Waals surface area (Å²) in [5.41, 5.74) is 1.85. The van der Waals surface area contributed by atoms with E-state index in [2.05, 4.69) is 0 Å². The smallest absolute Gasteiger partial charge is 0.290 e. The number of aryl methyl sites for hydroxylation is 1. The van der Waals surface area contributed by atoms with Crippen molar-refractivity contribution in [2.45, 2.75) is 57.0 Å². The van der Waals surface area contributed by atoms with E-state index < -0.39 is 17.7 Å². The van der Waals surface area contributed by atoms with Crippen LogP contribution in [0, 0.1) is 0 Å². The first kappa shape index (κ1) is 20.2. The number of amides is 1. The van der Waals surface area contributed by atoms with Gasteiger partial charge in [-0.15, -0.1) is 0 Å². The quantitative estimate of drug-likeness (QED) is 0.735. The summed E-state index contributed by atoms with van der Waals surface area (Å²) in [7, 11) is 0. The minimum atomic E-state index is -0.657. The van der Waals surface area contributed by atoms with Crippen LogP contribution >= 0.6 is 0 Å². The Morgan fingerprint density at radius 2 is 1.70 bits per heavy atom. The number of hydrogen-bond acceptors (Lipinski definition) is 4. The maximum absolute atomic E-state index is 13.2. The molecule has 5 heteroatoms. The average Bonchev–Trinajstić information content (AvgIpc) is 3.04. The molecule has 0 aromatic heterocycles. The van der Waals surface area contributed by atoms with E-state index in [1.807, 2.05) is 30.3 Å². The second-order valence-corrected chi connectivity index (χ2v) is 8.17. The van der Waals surface area contributed by atoms with Crippen LogP contribution in [0.15, 0.2) is 65.9 Å². The van der Waals surface area contributed by atoms with Crippen molar-refractivity contribution in [3.63, 3.8) is 0 Å². The van der Waals surface area contributed by atoms with Crippen molar-refractivity contribution < 1.29 is 19.8 Å². The number of rotatable bonds is 6. The Kier molecular flexibility index (Phi) is 5.88. The number of aliphatic hydroxyl groups excluding tert-OH is 1. The fraction of sp³-hybridized carbons (Fsp3) is 0.360. The van der Waals surface area contributed by atoms with Gasteiger partial charge in [0.25, 0.3) is 5.91 Å². The summed E-state index contributed by atoms with van der Waals surface area (Å²) in [6.07, 6.45) is 5.67. The lowest BCUT2D eigenvalue weighted by molar-refractivity contribution is -0.132. The molecule has 1 aliphatic carbocycles. The largest absolute Gasteiger partial charge is 0.508 e. The molecule has 1 atom stereocenters. The number of aliphatic hydroxyl groups is 1. The Bertz CT molecular complexity index is 960. The van der Waals surface area contributed by atoms with Crippen LogP contribution in [0.5, 0.6) is 5.75 Å². The van der Waals surface area contributed by atoms with Gasteiger partial charge in [-0.1, -0.05) is 61.7 Å². The minimum absolute atomic E-state index is 0.0137. The first-order valence-corrected chi connectivity index (χ1v) is 10.7. The van der Waals surface area contributed by atoms with E-state index in [9.17, 15) is 19.8 Å². The number of phenolic OH excluding ortho intramolecular Hbond substituents is 1. The predicted octanol–water partition coefficient (Wildman–Crippen LogP) is 4.62. The molecule has 2 N–H and O–H groups in total. The van der Waals surface area contributed by atoms with Crippen LogP contribution in [0.1, 0.15) is 55.7 Å². The number of carbonyl (C=O) groups is 2. The molecule has 0 radical (unpaired) electrons. The molecule has 1 amide bonds. The van der Waals surface area contributed by atoms with E-state index in [4.69, 9.17) is 0 Å². The molecule has 1 fully saturated rings. The molecule has 2 aromatic carbocycles. The van der Waals surface area contributed by atoms with E-state index in [1.54, 1.807) is 29.2 Å². The number of nitrogens with zero attached hydrogens (tertiary/aromatic N) is 1. The molecule has 2 aromatic rings. The molecule has 1 heterocycles. The zero-order chi connectivity index (χ0) is 21.1. The van der Waals surface area contributed by atoms with Crippen LogP contribution < -0.4 is 0 Å². The monoisotopic (exact) mass is 405 g/mol. The number of ketones is 1. The molecule has 156 valence electrons. The van der Waals surface area contributed by atoms with Crippen molar-refractivity contribution in [1.29, 1.82) is 0 Å². The molecule has 30 heavy (non-hydrogen) atoms. The molecule has 1 aliphatic heterocycles. The molecule has 4 rings (SSSR count). The van der Waals surface area contributed by atoms with Crippen LogP contribution in [-0.2, 0) is 16.0 Å². The molecule has 1 unspecified atom stereocenters. The minimum Gasteiger partial charge on any atom is -0.508 e. The van der Waals surface area contributed by atoms with Crippen molar-refractivity contribution in [3.05, 3.63) is 77.1 Å². The van der Waals surface area contributed by atoms with Crippen molar-refractivity contribution in [2.24, 2.45) is 0 Å². The highest BCUT2D eigenvalue weighted by atomic mass is 16.3. The van der Waals surface area contributed by atoms with Gasteiger partial charge in [-0.25, -0.2) is 0 Å². The number of hydrogen-bond donors (Lipinski definition) is 2.